The topological polar surface area (TPSA) is 57.5 Å². The summed E-state index contributed by atoms with van der Waals surface area (Å²) in [4.78, 5) is 6.57. The number of aromatic nitrogens is 2. The Morgan fingerprint density at radius 1 is 1.41 bits per heavy atom. The third-order valence-electron chi connectivity index (χ3n) is 4.37. The van der Waals surface area contributed by atoms with Crippen molar-refractivity contribution >= 4 is 5.96 Å². The zero-order valence-corrected chi connectivity index (χ0v) is 14.3. The van der Waals surface area contributed by atoms with E-state index in [1.54, 1.807) is 0 Å². The Kier molecular flexibility index (Phi) is 6.24. The minimum Gasteiger partial charge on any atom is -0.354 e. The van der Waals surface area contributed by atoms with Gasteiger partial charge in [-0.1, -0.05) is 19.3 Å². The Hall–Kier alpha value is -1.56. The van der Waals surface area contributed by atoms with E-state index in [4.69, 9.17) is 0 Å². The molecule has 0 radical (unpaired) electrons. The number of guanidine groups is 1. The first-order valence-electron chi connectivity index (χ1n) is 8.22. The van der Waals surface area contributed by atoms with Crippen LogP contribution in [0.4, 0.5) is 0 Å². The van der Waals surface area contributed by atoms with Gasteiger partial charge in [0.05, 0.1) is 12.2 Å². The maximum absolute atomic E-state index is 4.37. The van der Waals surface area contributed by atoms with Gasteiger partial charge in [-0.25, -0.2) is 0 Å². The van der Waals surface area contributed by atoms with E-state index in [0.29, 0.717) is 6.04 Å². The van der Waals surface area contributed by atoms with Gasteiger partial charge >= 0.3 is 0 Å². The third kappa shape index (κ3) is 4.73. The number of nitrogens with one attached hydrogen (secondary N) is 2. The predicted octanol–water partition coefficient (Wildman–Crippen LogP) is 1.52. The molecule has 6 nitrogen and oxygen atoms in total. The zero-order chi connectivity index (χ0) is 15.9. The highest BCUT2D eigenvalue weighted by Crippen LogP contribution is 2.18. The van der Waals surface area contributed by atoms with Gasteiger partial charge in [-0.05, 0) is 26.9 Å². The zero-order valence-electron chi connectivity index (χ0n) is 14.3. The summed E-state index contributed by atoms with van der Waals surface area (Å²) in [5.41, 5.74) is 1.22. The van der Waals surface area contributed by atoms with E-state index < -0.39 is 0 Å². The van der Waals surface area contributed by atoms with Crippen LogP contribution in [0.25, 0.3) is 0 Å². The molecule has 0 saturated heterocycles. The average Bonchev–Trinajstić information content (AvgIpc) is 2.93. The number of nitrogens with zero attached hydrogens (tertiary/aromatic N) is 4. The maximum atomic E-state index is 4.37. The first-order valence-corrected chi connectivity index (χ1v) is 8.22. The molecular formula is C16H30N6. The van der Waals surface area contributed by atoms with Crippen LogP contribution < -0.4 is 10.6 Å². The number of hydrogen-bond donors (Lipinski definition) is 2. The molecule has 1 atom stereocenters. The van der Waals surface area contributed by atoms with Crippen LogP contribution in [0.1, 0.15) is 43.7 Å². The molecule has 1 saturated carbocycles. The van der Waals surface area contributed by atoms with Gasteiger partial charge in [0.15, 0.2) is 5.96 Å². The standard InChI is InChI=1S/C16H30N6/c1-17-16(20-14-8-6-5-7-9-14)18-11-15(21(2)3)13-10-19-22(4)12-13/h10,12,14-15H,5-9,11H2,1-4H3,(H2,17,18,20). The van der Waals surface area contributed by atoms with Gasteiger partial charge in [0, 0.05) is 38.4 Å². The Morgan fingerprint density at radius 3 is 2.68 bits per heavy atom. The molecule has 2 N–H and O–H groups in total. The molecule has 0 spiro atoms. The van der Waals surface area contributed by atoms with Crippen molar-refractivity contribution in [1.82, 2.24) is 25.3 Å². The van der Waals surface area contributed by atoms with Crippen molar-refractivity contribution < 1.29 is 0 Å². The molecule has 0 aliphatic heterocycles. The Balaban J connectivity index is 1.89. The monoisotopic (exact) mass is 306 g/mol. The lowest BCUT2D eigenvalue weighted by Crippen LogP contribution is -2.46. The van der Waals surface area contributed by atoms with Gasteiger partial charge in [-0.2, -0.15) is 5.10 Å². The van der Waals surface area contributed by atoms with Gasteiger partial charge in [0.25, 0.3) is 0 Å². The van der Waals surface area contributed by atoms with Crippen LogP contribution in [0.2, 0.25) is 0 Å². The summed E-state index contributed by atoms with van der Waals surface area (Å²) in [6, 6.07) is 0.842. The minimum absolute atomic E-state index is 0.276. The van der Waals surface area contributed by atoms with Crippen molar-refractivity contribution in [2.24, 2.45) is 12.0 Å². The van der Waals surface area contributed by atoms with Gasteiger partial charge in [0.2, 0.25) is 0 Å². The van der Waals surface area contributed by atoms with Crippen molar-refractivity contribution in [1.29, 1.82) is 0 Å². The summed E-state index contributed by atoms with van der Waals surface area (Å²) < 4.78 is 1.85. The SMILES string of the molecule is CN=C(NCC(c1cnn(C)c1)N(C)C)NC1CCCCC1. The number of hydrogen-bond acceptors (Lipinski definition) is 3. The molecule has 1 aromatic rings. The van der Waals surface area contributed by atoms with Gasteiger partial charge in [-0.3, -0.25) is 9.67 Å². The van der Waals surface area contributed by atoms with Crippen LogP contribution in [-0.4, -0.2) is 54.4 Å². The third-order valence-corrected chi connectivity index (χ3v) is 4.37. The Morgan fingerprint density at radius 2 is 2.14 bits per heavy atom. The van der Waals surface area contributed by atoms with Gasteiger partial charge in [0.1, 0.15) is 0 Å². The van der Waals surface area contributed by atoms with Crippen LogP contribution in [0, 0.1) is 0 Å². The fourth-order valence-corrected chi connectivity index (χ4v) is 3.04. The Bertz CT molecular complexity index is 473. The smallest absolute Gasteiger partial charge is 0.191 e. The van der Waals surface area contributed by atoms with E-state index in [1.807, 2.05) is 25.0 Å². The van der Waals surface area contributed by atoms with Crippen molar-refractivity contribution in [2.45, 2.75) is 44.2 Å². The van der Waals surface area contributed by atoms with Crippen molar-refractivity contribution in [3.05, 3.63) is 18.0 Å². The molecule has 1 heterocycles. The molecule has 1 aliphatic rings. The van der Waals surface area contributed by atoms with Crippen LogP contribution in [-0.2, 0) is 7.05 Å². The normalized spacial score (nSPS) is 18.5. The molecule has 0 aromatic carbocycles. The number of aliphatic imine (C=N–C) groups is 1. The second-order valence-corrected chi connectivity index (χ2v) is 6.36. The highest BCUT2D eigenvalue weighted by Gasteiger charge is 2.18. The largest absolute Gasteiger partial charge is 0.354 e. The van der Waals surface area contributed by atoms with E-state index in [0.717, 1.165) is 12.5 Å². The van der Waals surface area contributed by atoms with E-state index in [9.17, 15) is 0 Å². The van der Waals surface area contributed by atoms with Crippen LogP contribution in [0.15, 0.2) is 17.4 Å². The van der Waals surface area contributed by atoms with Gasteiger partial charge in [-0.15, -0.1) is 0 Å². The molecule has 124 valence electrons. The number of rotatable bonds is 5. The van der Waals surface area contributed by atoms with E-state index in [1.165, 1.54) is 37.7 Å². The summed E-state index contributed by atoms with van der Waals surface area (Å²) in [5.74, 6) is 0.905. The molecule has 1 fully saturated rings. The fraction of sp³-hybridized carbons (Fsp3) is 0.750. The number of likely N-dealkylation sites (N-methyl/N-ethyl adjacent to an activating group) is 1. The van der Waals surface area contributed by atoms with E-state index in [-0.39, 0.29) is 6.04 Å². The lowest BCUT2D eigenvalue weighted by molar-refractivity contribution is 0.297. The lowest BCUT2D eigenvalue weighted by atomic mass is 9.96. The first kappa shape index (κ1) is 16.8. The number of aryl methyl sites for hydroxylation is 1. The summed E-state index contributed by atoms with van der Waals surface area (Å²) in [6.07, 6.45) is 10.5. The summed E-state index contributed by atoms with van der Waals surface area (Å²) in [6.45, 7) is 0.811. The minimum atomic E-state index is 0.276. The van der Waals surface area contributed by atoms with Crippen LogP contribution >= 0.6 is 0 Å². The summed E-state index contributed by atoms with van der Waals surface area (Å²) >= 11 is 0. The highest BCUT2D eigenvalue weighted by molar-refractivity contribution is 5.80. The second-order valence-electron chi connectivity index (χ2n) is 6.36. The molecule has 0 amide bonds. The first-order chi connectivity index (χ1) is 10.6. The molecule has 22 heavy (non-hydrogen) atoms. The molecule has 1 unspecified atom stereocenters. The molecule has 2 rings (SSSR count). The van der Waals surface area contributed by atoms with Crippen LogP contribution in [0.5, 0.6) is 0 Å². The van der Waals surface area contributed by atoms with Crippen molar-refractivity contribution in [2.75, 3.05) is 27.7 Å². The van der Waals surface area contributed by atoms with Crippen molar-refractivity contribution in [3.63, 3.8) is 0 Å². The quantitative estimate of drug-likeness (QED) is 0.640. The second kappa shape index (κ2) is 8.17. The summed E-state index contributed by atoms with van der Waals surface area (Å²) in [7, 11) is 7.98. The van der Waals surface area contributed by atoms with Gasteiger partial charge < -0.3 is 15.5 Å². The van der Waals surface area contributed by atoms with E-state index >= 15 is 0 Å². The average molecular weight is 306 g/mol. The molecule has 1 aliphatic carbocycles. The maximum Gasteiger partial charge on any atom is 0.191 e. The molecule has 1 aromatic heterocycles. The highest BCUT2D eigenvalue weighted by atomic mass is 15.3. The van der Waals surface area contributed by atoms with Crippen LogP contribution in [0.3, 0.4) is 0 Å². The predicted molar refractivity (Wildman–Crippen MR) is 91.0 cm³/mol. The molecule has 6 heteroatoms. The van der Waals surface area contributed by atoms with E-state index in [2.05, 4.69) is 45.9 Å². The lowest BCUT2D eigenvalue weighted by Gasteiger charge is -2.27. The molecule has 0 bridgehead atoms. The fourth-order valence-electron chi connectivity index (χ4n) is 3.04. The van der Waals surface area contributed by atoms with Crippen molar-refractivity contribution in [3.8, 4) is 0 Å². The summed E-state index contributed by atoms with van der Waals surface area (Å²) in [5, 5.41) is 11.3. The Labute approximate surface area is 134 Å². The molecular weight excluding hydrogens is 276 g/mol.